The van der Waals surface area contributed by atoms with Gasteiger partial charge in [-0.3, -0.25) is 4.57 Å². The number of benzene rings is 1. The molecule has 112 valence electrons. The quantitative estimate of drug-likeness (QED) is 0.936. The van der Waals surface area contributed by atoms with Gasteiger partial charge >= 0.3 is 0 Å². The maximum absolute atomic E-state index is 11.8. The van der Waals surface area contributed by atoms with Gasteiger partial charge in [0.15, 0.2) is 0 Å². The van der Waals surface area contributed by atoms with Crippen LogP contribution in [0, 0.1) is 5.92 Å². The van der Waals surface area contributed by atoms with Crippen LogP contribution >= 0.6 is 0 Å². The molecule has 1 aromatic carbocycles. The lowest BCUT2D eigenvalue weighted by molar-refractivity contribution is 0.499. The Hall–Kier alpha value is -1.73. The number of rotatable bonds is 3. The number of nitrogens with two attached hydrogens (primary N) is 1. The van der Waals surface area contributed by atoms with Crippen LogP contribution in [0.3, 0.4) is 0 Å². The molecule has 0 saturated heterocycles. The van der Waals surface area contributed by atoms with Crippen molar-refractivity contribution in [3.63, 3.8) is 0 Å². The monoisotopic (exact) mass is 306 g/mol. The molecule has 1 saturated carbocycles. The molecular weight excluding hydrogens is 288 g/mol. The van der Waals surface area contributed by atoms with E-state index in [0.29, 0.717) is 11.7 Å². The summed E-state index contributed by atoms with van der Waals surface area (Å²) >= 11 is 0. The summed E-state index contributed by atoms with van der Waals surface area (Å²) in [7, 11) is -3.92. The van der Waals surface area contributed by atoms with Gasteiger partial charge in [-0.05, 0) is 30.9 Å². The number of primary sulfonamides is 1. The molecule has 0 amide bonds. The van der Waals surface area contributed by atoms with E-state index in [1.54, 1.807) is 4.57 Å². The van der Waals surface area contributed by atoms with Crippen LogP contribution in [0.25, 0.3) is 5.69 Å². The molecule has 1 aliphatic carbocycles. The smallest absolute Gasteiger partial charge is 0.268 e. The normalized spacial score (nSPS) is 22.6. The molecular formula is C14H18N4O2S. The first kappa shape index (κ1) is 14.2. The van der Waals surface area contributed by atoms with Crippen molar-refractivity contribution in [2.75, 3.05) is 0 Å². The Morgan fingerprint density at radius 1 is 1.19 bits per heavy atom. The van der Waals surface area contributed by atoms with Crippen LogP contribution in [0.1, 0.15) is 37.9 Å². The zero-order valence-corrected chi connectivity index (χ0v) is 12.6. The molecule has 0 bridgehead atoms. The van der Waals surface area contributed by atoms with Gasteiger partial charge in [0.1, 0.15) is 5.82 Å². The predicted molar refractivity (Wildman–Crippen MR) is 78.5 cm³/mol. The van der Waals surface area contributed by atoms with E-state index in [2.05, 4.69) is 17.1 Å². The van der Waals surface area contributed by atoms with Gasteiger partial charge in [-0.1, -0.05) is 31.5 Å². The zero-order valence-electron chi connectivity index (χ0n) is 11.8. The molecule has 2 aromatic rings. The first-order valence-electron chi connectivity index (χ1n) is 7.02. The number of aromatic nitrogens is 3. The molecule has 1 heterocycles. The van der Waals surface area contributed by atoms with E-state index in [9.17, 15) is 8.42 Å². The second kappa shape index (κ2) is 5.23. The second-order valence-corrected chi connectivity index (χ2v) is 7.03. The molecule has 6 nitrogen and oxygen atoms in total. The minimum absolute atomic E-state index is 0.192. The highest BCUT2D eigenvalue weighted by molar-refractivity contribution is 7.89. The van der Waals surface area contributed by atoms with Crippen LogP contribution in [-0.4, -0.2) is 23.2 Å². The van der Waals surface area contributed by atoms with Crippen molar-refractivity contribution in [2.24, 2.45) is 11.1 Å². The third kappa shape index (κ3) is 2.58. The Kier molecular flexibility index (Phi) is 3.54. The number of hydrogen-bond donors (Lipinski definition) is 1. The van der Waals surface area contributed by atoms with Crippen LogP contribution in [-0.2, 0) is 10.0 Å². The maximum atomic E-state index is 11.8. The van der Waals surface area contributed by atoms with E-state index < -0.39 is 10.0 Å². The van der Waals surface area contributed by atoms with Gasteiger partial charge in [-0.25, -0.2) is 13.6 Å². The SMILES string of the molecule is CC1CCCC1c1nnc(S(N)(=O)=O)n1-c1ccccc1. The maximum Gasteiger partial charge on any atom is 0.274 e. The van der Waals surface area contributed by atoms with Crippen molar-refractivity contribution in [1.82, 2.24) is 14.8 Å². The Morgan fingerprint density at radius 2 is 1.90 bits per heavy atom. The summed E-state index contributed by atoms with van der Waals surface area (Å²) in [4.78, 5) is 0. The second-order valence-electron chi connectivity index (χ2n) is 5.57. The molecule has 3 rings (SSSR count). The summed E-state index contributed by atoms with van der Waals surface area (Å²) in [5, 5.41) is 13.1. The van der Waals surface area contributed by atoms with E-state index in [-0.39, 0.29) is 11.1 Å². The van der Waals surface area contributed by atoms with Gasteiger partial charge in [0.2, 0.25) is 0 Å². The number of hydrogen-bond acceptors (Lipinski definition) is 4. The molecule has 1 aliphatic rings. The molecule has 2 atom stereocenters. The lowest BCUT2D eigenvalue weighted by atomic mass is 9.97. The predicted octanol–water partition coefficient (Wildman–Crippen LogP) is 1.82. The van der Waals surface area contributed by atoms with Crippen LogP contribution in [0.15, 0.2) is 35.5 Å². The molecule has 2 N–H and O–H groups in total. The van der Waals surface area contributed by atoms with Crippen molar-refractivity contribution >= 4 is 10.0 Å². The highest BCUT2D eigenvalue weighted by Gasteiger charge is 2.32. The molecule has 0 radical (unpaired) electrons. The number of para-hydroxylation sites is 1. The summed E-state index contributed by atoms with van der Waals surface area (Å²) in [5.41, 5.74) is 0.723. The van der Waals surface area contributed by atoms with Crippen LogP contribution < -0.4 is 5.14 Å². The summed E-state index contributed by atoms with van der Waals surface area (Å²) in [5.74, 6) is 1.37. The fraction of sp³-hybridized carbons (Fsp3) is 0.429. The summed E-state index contributed by atoms with van der Waals surface area (Å²) in [6.07, 6.45) is 3.24. The van der Waals surface area contributed by atoms with E-state index >= 15 is 0 Å². The lowest BCUT2D eigenvalue weighted by Gasteiger charge is -2.17. The highest BCUT2D eigenvalue weighted by Crippen LogP contribution is 2.39. The van der Waals surface area contributed by atoms with Gasteiger partial charge in [-0.15, -0.1) is 10.2 Å². The first-order chi connectivity index (χ1) is 9.98. The summed E-state index contributed by atoms with van der Waals surface area (Å²) in [6.45, 7) is 2.16. The Bertz CT molecular complexity index is 740. The van der Waals surface area contributed by atoms with Crippen molar-refractivity contribution in [3.8, 4) is 5.69 Å². The van der Waals surface area contributed by atoms with Crippen LogP contribution in [0.2, 0.25) is 0 Å². The van der Waals surface area contributed by atoms with Crippen molar-refractivity contribution in [2.45, 2.75) is 37.3 Å². The van der Waals surface area contributed by atoms with E-state index in [0.717, 1.165) is 24.9 Å². The average Bonchev–Trinajstić information content (AvgIpc) is 3.04. The Morgan fingerprint density at radius 3 is 2.48 bits per heavy atom. The number of nitrogens with zero attached hydrogens (tertiary/aromatic N) is 3. The van der Waals surface area contributed by atoms with E-state index in [1.165, 1.54) is 0 Å². The third-order valence-corrected chi connectivity index (χ3v) is 4.89. The molecule has 2 unspecified atom stereocenters. The minimum Gasteiger partial charge on any atom is -0.268 e. The molecule has 1 aromatic heterocycles. The van der Waals surface area contributed by atoms with Crippen molar-refractivity contribution < 1.29 is 8.42 Å². The Labute approximate surface area is 124 Å². The topological polar surface area (TPSA) is 90.9 Å². The van der Waals surface area contributed by atoms with E-state index in [4.69, 9.17) is 5.14 Å². The molecule has 1 fully saturated rings. The highest BCUT2D eigenvalue weighted by atomic mass is 32.2. The third-order valence-electron chi connectivity index (χ3n) is 4.12. The van der Waals surface area contributed by atoms with Crippen LogP contribution in [0.4, 0.5) is 0 Å². The number of sulfonamides is 1. The van der Waals surface area contributed by atoms with E-state index in [1.807, 2.05) is 30.3 Å². The van der Waals surface area contributed by atoms with Crippen molar-refractivity contribution in [3.05, 3.63) is 36.2 Å². The zero-order chi connectivity index (χ0) is 15.0. The summed E-state index contributed by atoms with van der Waals surface area (Å²) in [6, 6.07) is 9.25. The largest absolute Gasteiger partial charge is 0.274 e. The first-order valence-corrected chi connectivity index (χ1v) is 8.56. The van der Waals surface area contributed by atoms with Gasteiger partial charge in [0, 0.05) is 11.6 Å². The minimum atomic E-state index is -3.92. The van der Waals surface area contributed by atoms with Crippen molar-refractivity contribution in [1.29, 1.82) is 0 Å². The fourth-order valence-corrected chi connectivity index (χ4v) is 3.66. The average molecular weight is 306 g/mol. The van der Waals surface area contributed by atoms with Gasteiger partial charge in [0.05, 0.1) is 0 Å². The van der Waals surface area contributed by atoms with Gasteiger partial charge < -0.3 is 0 Å². The standard InChI is InChI=1S/C14H18N4O2S/c1-10-6-5-9-12(10)13-16-17-14(21(15,19)20)18(13)11-7-3-2-4-8-11/h2-4,7-8,10,12H,5-6,9H2,1H3,(H2,15,19,20). The van der Waals surface area contributed by atoms with Gasteiger partial charge in [-0.2, -0.15) is 0 Å². The molecule has 0 spiro atoms. The Balaban J connectivity index is 2.20. The van der Waals surface area contributed by atoms with Crippen LogP contribution in [0.5, 0.6) is 0 Å². The molecule has 21 heavy (non-hydrogen) atoms. The molecule has 7 heteroatoms. The lowest BCUT2D eigenvalue weighted by Crippen LogP contribution is -2.19. The summed E-state index contributed by atoms with van der Waals surface area (Å²) < 4.78 is 25.2. The molecule has 0 aliphatic heterocycles. The fourth-order valence-electron chi connectivity index (χ4n) is 3.05. The van der Waals surface area contributed by atoms with Gasteiger partial charge in [0.25, 0.3) is 15.2 Å².